The van der Waals surface area contributed by atoms with Crippen LogP contribution in [0.25, 0.3) is 11.2 Å². The number of thioether (sulfide) groups is 1. The number of hydrogen-bond acceptors (Lipinski definition) is 5. The average molecular weight is 417 g/mol. The maximum absolute atomic E-state index is 12.6. The van der Waals surface area contributed by atoms with E-state index in [1.165, 1.54) is 15.0 Å². The summed E-state index contributed by atoms with van der Waals surface area (Å²) in [6.45, 7) is 7.26. The number of aryl methyl sites for hydroxylation is 2. The fourth-order valence-electron chi connectivity index (χ4n) is 3.66. The molecule has 154 valence electrons. The lowest BCUT2D eigenvalue weighted by Gasteiger charge is -2.23. The van der Waals surface area contributed by atoms with Crippen LogP contribution in [0.15, 0.2) is 39.0 Å². The van der Waals surface area contributed by atoms with E-state index in [4.69, 9.17) is 4.74 Å². The van der Waals surface area contributed by atoms with Crippen molar-refractivity contribution >= 4 is 22.9 Å². The molecule has 8 nitrogen and oxygen atoms in total. The standard InChI is InChI=1S/C20H25N5O3S/c1-14-4-3-5-15(12-14)13-25-16-17(23(2)19(27)22-18(16)26)21-20(25)29-11-8-24-6-9-28-10-7-24/h3-5,12H,6-11,13H2,1-2H3,(H,22,26,27)/p+1. The molecular weight excluding hydrogens is 390 g/mol. The van der Waals surface area contributed by atoms with Gasteiger partial charge in [0.1, 0.15) is 13.1 Å². The molecule has 0 aliphatic carbocycles. The third-order valence-electron chi connectivity index (χ3n) is 5.28. The first-order valence-corrected chi connectivity index (χ1v) is 10.8. The molecule has 0 bridgehead atoms. The van der Waals surface area contributed by atoms with Crippen LogP contribution in [0.3, 0.4) is 0 Å². The maximum atomic E-state index is 12.6. The number of rotatable bonds is 6. The summed E-state index contributed by atoms with van der Waals surface area (Å²) in [5.74, 6) is 0.887. The highest BCUT2D eigenvalue weighted by molar-refractivity contribution is 7.99. The van der Waals surface area contributed by atoms with Crippen LogP contribution < -0.4 is 16.1 Å². The fraction of sp³-hybridized carbons (Fsp3) is 0.450. The lowest BCUT2D eigenvalue weighted by Crippen LogP contribution is -3.14. The van der Waals surface area contributed by atoms with Gasteiger partial charge < -0.3 is 14.2 Å². The van der Waals surface area contributed by atoms with E-state index >= 15 is 0 Å². The number of hydrogen-bond donors (Lipinski definition) is 2. The van der Waals surface area contributed by atoms with Crippen molar-refractivity contribution in [2.45, 2.75) is 18.6 Å². The number of nitrogens with one attached hydrogen (secondary N) is 2. The SMILES string of the molecule is Cc1cccc(Cn2c(SCC[NH+]3CCOCC3)nc3c2c(=O)[nH]c(=O)n3C)c1. The predicted octanol–water partition coefficient (Wildman–Crippen LogP) is -0.213. The van der Waals surface area contributed by atoms with Crippen LogP contribution in [0.1, 0.15) is 11.1 Å². The molecule has 2 aromatic heterocycles. The van der Waals surface area contributed by atoms with Crippen molar-refractivity contribution in [3.63, 3.8) is 0 Å². The first kappa shape index (κ1) is 19.9. The van der Waals surface area contributed by atoms with Crippen molar-refractivity contribution in [1.82, 2.24) is 19.1 Å². The van der Waals surface area contributed by atoms with E-state index in [9.17, 15) is 9.59 Å². The first-order valence-electron chi connectivity index (χ1n) is 9.82. The van der Waals surface area contributed by atoms with E-state index < -0.39 is 11.2 Å². The highest BCUT2D eigenvalue weighted by Gasteiger charge is 2.19. The van der Waals surface area contributed by atoms with Crippen molar-refractivity contribution in [3.8, 4) is 0 Å². The topological polar surface area (TPSA) is 86.3 Å². The Kier molecular flexibility index (Phi) is 5.89. The van der Waals surface area contributed by atoms with Gasteiger partial charge in [-0.1, -0.05) is 41.6 Å². The summed E-state index contributed by atoms with van der Waals surface area (Å²) < 4.78 is 8.76. The molecule has 0 saturated carbocycles. The molecule has 9 heteroatoms. The number of imidazole rings is 1. The van der Waals surface area contributed by atoms with Crippen LogP contribution in [0.4, 0.5) is 0 Å². The van der Waals surface area contributed by atoms with Crippen molar-refractivity contribution < 1.29 is 9.64 Å². The molecule has 29 heavy (non-hydrogen) atoms. The van der Waals surface area contributed by atoms with Gasteiger partial charge >= 0.3 is 5.69 Å². The largest absolute Gasteiger partial charge is 0.370 e. The van der Waals surface area contributed by atoms with Crippen LogP contribution >= 0.6 is 11.8 Å². The number of aromatic nitrogens is 4. The third-order valence-corrected chi connectivity index (χ3v) is 6.26. The number of morpholine rings is 1. The van der Waals surface area contributed by atoms with Gasteiger partial charge in [-0.15, -0.1) is 0 Å². The molecule has 3 aromatic rings. The van der Waals surface area contributed by atoms with Gasteiger partial charge in [0, 0.05) is 7.05 Å². The molecular formula is C20H26N5O3S+. The predicted molar refractivity (Wildman–Crippen MR) is 113 cm³/mol. The minimum absolute atomic E-state index is 0.395. The normalized spacial score (nSPS) is 15.2. The highest BCUT2D eigenvalue weighted by atomic mass is 32.2. The summed E-state index contributed by atoms with van der Waals surface area (Å²) in [4.78, 5) is 33.2. The Balaban J connectivity index is 1.67. The summed E-state index contributed by atoms with van der Waals surface area (Å²) in [6, 6.07) is 8.21. The zero-order chi connectivity index (χ0) is 20.4. The maximum Gasteiger partial charge on any atom is 0.329 e. The monoisotopic (exact) mass is 416 g/mol. The van der Waals surface area contributed by atoms with Gasteiger partial charge in [-0.3, -0.25) is 14.3 Å². The lowest BCUT2D eigenvalue weighted by atomic mass is 10.1. The first-order chi connectivity index (χ1) is 14.0. The molecule has 0 radical (unpaired) electrons. The Morgan fingerprint density at radius 1 is 1.28 bits per heavy atom. The van der Waals surface area contributed by atoms with Crippen molar-refractivity contribution in [2.75, 3.05) is 38.6 Å². The van der Waals surface area contributed by atoms with Crippen molar-refractivity contribution in [2.24, 2.45) is 7.05 Å². The van der Waals surface area contributed by atoms with Crippen LogP contribution in [-0.2, 0) is 18.3 Å². The van der Waals surface area contributed by atoms with Gasteiger partial charge in [-0.05, 0) is 12.5 Å². The van der Waals surface area contributed by atoms with E-state index in [-0.39, 0.29) is 0 Å². The van der Waals surface area contributed by atoms with Gasteiger partial charge in [-0.2, -0.15) is 0 Å². The van der Waals surface area contributed by atoms with Crippen molar-refractivity contribution in [3.05, 3.63) is 56.2 Å². The highest BCUT2D eigenvalue weighted by Crippen LogP contribution is 2.22. The molecule has 1 aromatic carbocycles. The fourth-order valence-corrected chi connectivity index (χ4v) is 4.70. The number of quaternary nitrogens is 1. The summed E-state index contributed by atoms with van der Waals surface area (Å²) >= 11 is 1.64. The molecule has 3 heterocycles. The minimum atomic E-state index is -0.447. The van der Waals surface area contributed by atoms with Gasteiger partial charge in [0.25, 0.3) is 5.56 Å². The van der Waals surface area contributed by atoms with Crippen LogP contribution in [0, 0.1) is 6.92 Å². The second-order valence-corrected chi connectivity index (χ2v) is 8.48. The Hall–Kier alpha value is -2.36. The van der Waals surface area contributed by atoms with E-state index in [2.05, 4.69) is 16.0 Å². The zero-order valence-corrected chi connectivity index (χ0v) is 17.6. The molecule has 0 spiro atoms. The molecule has 0 unspecified atom stereocenters. The van der Waals surface area contributed by atoms with Gasteiger partial charge in [-0.25, -0.2) is 9.78 Å². The van der Waals surface area contributed by atoms with Gasteiger partial charge in [0.15, 0.2) is 16.3 Å². The van der Waals surface area contributed by atoms with E-state index in [1.807, 2.05) is 29.7 Å². The molecule has 2 N–H and O–H groups in total. The molecule has 1 aliphatic rings. The lowest BCUT2D eigenvalue weighted by molar-refractivity contribution is -0.905. The Morgan fingerprint density at radius 3 is 2.83 bits per heavy atom. The van der Waals surface area contributed by atoms with Crippen molar-refractivity contribution in [1.29, 1.82) is 0 Å². The van der Waals surface area contributed by atoms with E-state index in [0.29, 0.717) is 17.7 Å². The number of H-pyrrole nitrogens is 1. The molecule has 1 aliphatic heterocycles. The van der Waals surface area contributed by atoms with E-state index in [0.717, 1.165) is 49.3 Å². The second kappa shape index (κ2) is 8.56. The minimum Gasteiger partial charge on any atom is -0.370 e. The number of nitrogens with zero attached hydrogens (tertiary/aromatic N) is 3. The van der Waals surface area contributed by atoms with Crippen LogP contribution in [0.5, 0.6) is 0 Å². The van der Waals surface area contributed by atoms with Crippen LogP contribution in [-0.4, -0.2) is 57.7 Å². The Labute approximate surface area is 172 Å². The van der Waals surface area contributed by atoms with Gasteiger partial charge in [0.2, 0.25) is 0 Å². The molecule has 1 fully saturated rings. The third kappa shape index (κ3) is 4.31. The molecule has 4 rings (SSSR count). The molecule has 1 saturated heterocycles. The summed E-state index contributed by atoms with van der Waals surface area (Å²) in [6.07, 6.45) is 0. The molecule has 0 amide bonds. The Morgan fingerprint density at radius 2 is 2.07 bits per heavy atom. The number of aromatic amines is 1. The molecule has 0 atom stereocenters. The second-order valence-electron chi connectivity index (χ2n) is 7.42. The number of ether oxygens (including phenoxy) is 1. The quantitative estimate of drug-likeness (QED) is 0.543. The summed E-state index contributed by atoms with van der Waals surface area (Å²) in [5.41, 5.74) is 2.28. The van der Waals surface area contributed by atoms with Gasteiger partial charge in [0.05, 0.1) is 32.1 Å². The number of benzene rings is 1. The average Bonchev–Trinajstić information content (AvgIpc) is 3.06. The van der Waals surface area contributed by atoms with E-state index in [1.54, 1.807) is 18.8 Å². The smallest absolute Gasteiger partial charge is 0.329 e. The zero-order valence-electron chi connectivity index (χ0n) is 16.7. The Bertz CT molecular complexity index is 1130. The van der Waals surface area contributed by atoms with Crippen LogP contribution in [0.2, 0.25) is 0 Å². The summed E-state index contributed by atoms with van der Waals surface area (Å²) in [7, 11) is 1.64. The summed E-state index contributed by atoms with van der Waals surface area (Å²) in [5, 5.41) is 0.765. The number of fused-ring (bicyclic) bond motifs is 1.